The van der Waals surface area contributed by atoms with Crippen molar-refractivity contribution in [3.63, 3.8) is 0 Å². The van der Waals surface area contributed by atoms with E-state index in [1.54, 1.807) is 0 Å². The molecule has 8 nitrogen and oxygen atoms in total. The monoisotopic (exact) mass is 360 g/mol. The number of hydrogen-bond donors (Lipinski definition) is 2. The van der Waals surface area contributed by atoms with E-state index < -0.39 is 36.5 Å². The summed E-state index contributed by atoms with van der Waals surface area (Å²) in [6.07, 6.45) is 0. The van der Waals surface area contributed by atoms with E-state index in [4.69, 9.17) is 22.4 Å². The number of carbonyl (C=O) groups excluding carboxylic acids is 1. The van der Waals surface area contributed by atoms with Gasteiger partial charge in [-0.25, -0.2) is 0 Å². The Hall–Kier alpha value is -1.98. The first-order chi connectivity index (χ1) is 10.2. The van der Waals surface area contributed by atoms with Gasteiger partial charge in [0.2, 0.25) is 0 Å². The minimum absolute atomic E-state index is 0.0319. The number of rotatable bonds is 4. The molecule has 0 bridgehead atoms. The van der Waals surface area contributed by atoms with Gasteiger partial charge in [0.15, 0.2) is 0 Å². The van der Waals surface area contributed by atoms with Crippen molar-refractivity contribution in [1.82, 2.24) is 9.47 Å². The molecule has 11 heteroatoms. The van der Waals surface area contributed by atoms with E-state index in [1.807, 2.05) is 0 Å². The van der Waals surface area contributed by atoms with Crippen LogP contribution < -0.4 is 14.8 Å². The quantitative estimate of drug-likeness (QED) is 0.621. The highest BCUT2D eigenvalue weighted by molar-refractivity contribution is 8.30. The molecule has 0 aromatic carbocycles. The summed E-state index contributed by atoms with van der Waals surface area (Å²) in [6.45, 7) is 2.29. The van der Waals surface area contributed by atoms with Crippen molar-refractivity contribution in [1.29, 1.82) is 0 Å². The Kier molecular flexibility index (Phi) is 4.49. The number of aliphatic carboxylic acids is 2. The molecular weight excluding hydrogens is 352 g/mol. The third-order valence-corrected chi connectivity index (χ3v) is 5.18. The van der Waals surface area contributed by atoms with Gasteiger partial charge in [-0.2, -0.15) is 0 Å². The maximum absolute atomic E-state index is 12.3. The summed E-state index contributed by atoms with van der Waals surface area (Å²) in [4.78, 5) is 46.7. The average Bonchev–Trinajstić information content (AvgIpc) is 2.82. The Morgan fingerprint density at radius 3 is 2.32 bits per heavy atom. The van der Waals surface area contributed by atoms with Crippen LogP contribution in [0.25, 0.3) is 11.5 Å². The zero-order valence-electron chi connectivity index (χ0n) is 10.8. The van der Waals surface area contributed by atoms with Gasteiger partial charge >= 0.3 is 11.9 Å². The summed E-state index contributed by atoms with van der Waals surface area (Å²) in [6, 6.07) is 0. The SMILES string of the molecule is C=c1sc(=C2SC(=S)N(CC(=O)O)C2=O)n(CC(=O)O)c1=O. The number of thioether (sulfide) groups is 1. The molecule has 2 N–H and O–H groups in total. The molecule has 0 spiro atoms. The van der Waals surface area contributed by atoms with Crippen LogP contribution in [0.3, 0.4) is 0 Å². The van der Waals surface area contributed by atoms with Gasteiger partial charge in [-0.15, -0.1) is 11.3 Å². The Bertz CT molecular complexity index is 867. The lowest BCUT2D eigenvalue weighted by Crippen LogP contribution is -2.36. The maximum atomic E-state index is 12.3. The van der Waals surface area contributed by atoms with Gasteiger partial charge in [0.25, 0.3) is 11.5 Å². The lowest BCUT2D eigenvalue weighted by molar-refractivity contribution is -0.140. The fourth-order valence-electron chi connectivity index (χ4n) is 1.70. The van der Waals surface area contributed by atoms with E-state index >= 15 is 0 Å². The highest BCUT2D eigenvalue weighted by Gasteiger charge is 2.35. The number of carboxylic acid groups (broad SMARTS) is 2. The van der Waals surface area contributed by atoms with Gasteiger partial charge in [0.1, 0.15) is 27.0 Å². The van der Waals surface area contributed by atoms with Gasteiger partial charge in [-0.3, -0.25) is 28.6 Å². The van der Waals surface area contributed by atoms with E-state index in [1.165, 1.54) is 0 Å². The van der Waals surface area contributed by atoms with E-state index in [0.717, 1.165) is 32.6 Å². The zero-order chi connectivity index (χ0) is 16.6. The van der Waals surface area contributed by atoms with Crippen LogP contribution in [-0.2, 0) is 20.9 Å². The molecule has 0 unspecified atom stereocenters. The molecule has 0 radical (unpaired) electrons. The largest absolute Gasteiger partial charge is 0.480 e. The number of nitrogens with zero attached hydrogens (tertiary/aromatic N) is 2. The minimum atomic E-state index is -1.25. The number of thiazole rings is 1. The topological polar surface area (TPSA) is 117 Å². The van der Waals surface area contributed by atoms with Gasteiger partial charge < -0.3 is 10.2 Å². The molecule has 22 heavy (non-hydrogen) atoms. The van der Waals surface area contributed by atoms with Crippen LogP contribution in [-0.4, -0.2) is 48.4 Å². The van der Waals surface area contributed by atoms with Crippen molar-refractivity contribution >= 4 is 69.0 Å². The van der Waals surface area contributed by atoms with Gasteiger partial charge in [0, 0.05) is 0 Å². The molecule has 2 heterocycles. The van der Waals surface area contributed by atoms with Crippen LogP contribution in [0, 0.1) is 0 Å². The van der Waals surface area contributed by atoms with Gasteiger partial charge in [-0.1, -0.05) is 30.6 Å². The Labute approximate surface area is 136 Å². The number of carbonyl (C=O) groups is 3. The molecule has 1 fully saturated rings. The number of hydrogen-bond acceptors (Lipinski definition) is 7. The zero-order valence-corrected chi connectivity index (χ0v) is 13.2. The van der Waals surface area contributed by atoms with Crippen molar-refractivity contribution in [3.8, 4) is 0 Å². The van der Waals surface area contributed by atoms with Gasteiger partial charge in [-0.05, 0) is 0 Å². The summed E-state index contributed by atoms with van der Waals surface area (Å²) in [5, 5.41) is 17.6. The molecule has 1 aliphatic rings. The molecule has 1 aliphatic heterocycles. The molecule has 1 aromatic rings. The number of aromatic nitrogens is 1. The van der Waals surface area contributed by atoms with Crippen LogP contribution in [0.2, 0.25) is 0 Å². The normalized spacial score (nSPS) is 17.2. The molecule has 0 saturated carbocycles. The highest BCUT2D eigenvalue weighted by Crippen LogP contribution is 2.30. The second-order valence-electron chi connectivity index (χ2n) is 4.10. The van der Waals surface area contributed by atoms with Crippen molar-refractivity contribution in [2.24, 2.45) is 0 Å². The van der Waals surface area contributed by atoms with E-state index in [9.17, 15) is 19.2 Å². The number of amides is 1. The smallest absolute Gasteiger partial charge is 0.323 e. The average molecular weight is 360 g/mol. The molecule has 1 amide bonds. The van der Waals surface area contributed by atoms with Crippen LogP contribution in [0.1, 0.15) is 0 Å². The fraction of sp³-hybridized carbons (Fsp3) is 0.182. The lowest BCUT2D eigenvalue weighted by Gasteiger charge is -2.10. The first-order valence-electron chi connectivity index (χ1n) is 5.62. The van der Waals surface area contributed by atoms with Crippen molar-refractivity contribution in [3.05, 3.63) is 19.5 Å². The minimum Gasteiger partial charge on any atom is -0.480 e. The second kappa shape index (κ2) is 6.02. The molecule has 0 atom stereocenters. The van der Waals surface area contributed by atoms with E-state index in [0.29, 0.717) is 0 Å². The fourth-order valence-corrected chi connectivity index (χ4v) is 4.05. The summed E-state index contributed by atoms with van der Waals surface area (Å²) in [7, 11) is 0. The Balaban J connectivity index is 2.64. The predicted octanol–water partition coefficient (Wildman–Crippen LogP) is -1.54. The number of thiocarbonyl (C=S) groups is 1. The van der Waals surface area contributed by atoms with Crippen molar-refractivity contribution < 1.29 is 24.6 Å². The first-order valence-corrected chi connectivity index (χ1v) is 7.66. The van der Waals surface area contributed by atoms with Crippen LogP contribution in [0.4, 0.5) is 0 Å². The first kappa shape index (κ1) is 16.4. The standard InChI is InChI=1S/C11H8N2O6S3/c1-4-8(18)12(2-5(14)15)10(21-4)7-9(19)13(3-6(16)17)11(20)22-7/h1-3H2,(H,14,15)(H,16,17). The molecule has 0 aliphatic carbocycles. The third kappa shape index (κ3) is 2.96. The van der Waals surface area contributed by atoms with Gasteiger partial charge in [0.05, 0.1) is 4.53 Å². The van der Waals surface area contributed by atoms with Crippen molar-refractivity contribution in [2.45, 2.75) is 6.54 Å². The predicted molar refractivity (Wildman–Crippen MR) is 83.9 cm³/mol. The maximum Gasteiger partial charge on any atom is 0.323 e. The third-order valence-electron chi connectivity index (χ3n) is 2.58. The Morgan fingerprint density at radius 2 is 1.77 bits per heavy atom. The summed E-state index contributed by atoms with van der Waals surface area (Å²) >= 11 is 6.65. The second-order valence-corrected chi connectivity index (χ2v) is 6.83. The van der Waals surface area contributed by atoms with Crippen LogP contribution in [0.15, 0.2) is 4.79 Å². The lowest BCUT2D eigenvalue weighted by atomic mass is 10.4. The van der Waals surface area contributed by atoms with Crippen LogP contribution >= 0.6 is 35.3 Å². The van der Waals surface area contributed by atoms with Crippen LogP contribution in [0.5, 0.6) is 0 Å². The molecule has 2 rings (SSSR count). The van der Waals surface area contributed by atoms with E-state index in [2.05, 4.69) is 6.58 Å². The molecular formula is C11H8N2O6S3. The molecule has 116 valence electrons. The summed E-state index contributed by atoms with van der Waals surface area (Å²) in [5.74, 6) is -3.15. The van der Waals surface area contributed by atoms with Crippen molar-refractivity contribution in [2.75, 3.05) is 6.54 Å². The number of carboxylic acids is 2. The summed E-state index contributed by atoms with van der Waals surface area (Å²) < 4.78 is 1.15. The highest BCUT2D eigenvalue weighted by atomic mass is 32.2. The Morgan fingerprint density at radius 1 is 1.18 bits per heavy atom. The van der Waals surface area contributed by atoms with E-state index in [-0.39, 0.29) is 18.4 Å². The summed E-state index contributed by atoms with van der Waals surface area (Å²) in [5.41, 5.74) is -0.606. The molecule has 1 aromatic heterocycles. The molecule has 1 saturated heterocycles.